The second kappa shape index (κ2) is 6.53. The lowest BCUT2D eigenvalue weighted by molar-refractivity contribution is -0.139. The zero-order valence-electron chi connectivity index (χ0n) is 11.1. The standard InChI is InChI=1S/C17H15BrO2/c1-12(17(19)20)16(14-5-3-2-4-6-14)11-13-7-9-15(18)10-8-13/h2-12H,1H3,(H,19,20)/b16-11+. The normalized spacial score (nSPS) is 13.0. The maximum absolute atomic E-state index is 11.3. The SMILES string of the molecule is CC(C(=O)O)/C(=C\c1ccc(Br)cc1)c1ccccc1. The molecule has 0 aliphatic carbocycles. The average Bonchev–Trinajstić information content (AvgIpc) is 2.47. The summed E-state index contributed by atoms with van der Waals surface area (Å²) >= 11 is 3.39. The Balaban J connectivity index is 2.46. The second-order valence-electron chi connectivity index (χ2n) is 4.58. The van der Waals surface area contributed by atoms with Crippen molar-refractivity contribution in [2.45, 2.75) is 6.92 Å². The molecular formula is C17H15BrO2. The van der Waals surface area contributed by atoms with Gasteiger partial charge in [0.2, 0.25) is 0 Å². The van der Waals surface area contributed by atoms with Gasteiger partial charge < -0.3 is 5.11 Å². The minimum absolute atomic E-state index is 0.555. The van der Waals surface area contributed by atoms with E-state index >= 15 is 0 Å². The fourth-order valence-electron chi connectivity index (χ4n) is 1.96. The molecule has 0 saturated carbocycles. The van der Waals surface area contributed by atoms with Crippen LogP contribution in [-0.2, 0) is 4.79 Å². The summed E-state index contributed by atoms with van der Waals surface area (Å²) in [4.78, 5) is 11.3. The van der Waals surface area contributed by atoms with Gasteiger partial charge in [0.25, 0.3) is 0 Å². The van der Waals surface area contributed by atoms with Crippen molar-refractivity contribution in [1.82, 2.24) is 0 Å². The van der Waals surface area contributed by atoms with E-state index in [1.165, 1.54) is 0 Å². The topological polar surface area (TPSA) is 37.3 Å². The number of hydrogen-bond donors (Lipinski definition) is 1. The zero-order valence-corrected chi connectivity index (χ0v) is 12.7. The molecular weight excluding hydrogens is 316 g/mol. The molecule has 102 valence electrons. The Kier molecular flexibility index (Phi) is 4.74. The van der Waals surface area contributed by atoms with Gasteiger partial charge in [-0.2, -0.15) is 0 Å². The summed E-state index contributed by atoms with van der Waals surface area (Å²) in [6.45, 7) is 1.71. The largest absolute Gasteiger partial charge is 0.481 e. The van der Waals surface area contributed by atoms with E-state index in [0.717, 1.165) is 21.2 Å². The van der Waals surface area contributed by atoms with E-state index in [-0.39, 0.29) is 0 Å². The molecule has 0 amide bonds. The van der Waals surface area contributed by atoms with Crippen LogP contribution in [0.15, 0.2) is 59.1 Å². The maximum atomic E-state index is 11.3. The third-order valence-corrected chi connectivity index (χ3v) is 3.66. The molecule has 0 aromatic heterocycles. The van der Waals surface area contributed by atoms with Gasteiger partial charge in [-0.25, -0.2) is 0 Å². The van der Waals surface area contributed by atoms with Crippen LogP contribution in [0, 0.1) is 5.92 Å². The van der Waals surface area contributed by atoms with Crippen LogP contribution in [0.1, 0.15) is 18.1 Å². The summed E-state index contributed by atoms with van der Waals surface area (Å²) in [7, 11) is 0. The van der Waals surface area contributed by atoms with Crippen LogP contribution >= 0.6 is 15.9 Å². The first kappa shape index (κ1) is 14.5. The molecule has 1 N–H and O–H groups in total. The van der Waals surface area contributed by atoms with Crippen molar-refractivity contribution in [3.8, 4) is 0 Å². The highest BCUT2D eigenvalue weighted by atomic mass is 79.9. The third kappa shape index (κ3) is 3.58. The average molecular weight is 331 g/mol. The molecule has 0 aliphatic heterocycles. The molecule has 1 unspecified atom stereocenters. The molecule has 0 radical (unpaired) electrons. The highest BCUT2D eigenvalue weighted by Gasteiger charge is 2.18. The van der Waals surface area contributed by atoms with E-state index < -0.39 is 11.9 Å². The van der Waals surface area contributed by atoms with Crippen LogP contribution < -0.4 is 0 Å². The second-order valence-corrected chi connectivity index (χ2v) is 5.49. The first-order valence-corrected chi connectivity index (χ1v) is 7.12. The summed E-state index contributed by atoms with van der Waals surface area (Å²) in [5.41, 5.74) is 2.73. The lowest BCUT2D eigenvalue weighted by atomic mass is 9.92. The quantitative estimate of drug-likeness (QED) is 0.824. The van der Waals surface area contributed by atoms with Gasteiger partial charge in [0, 0.05) is 4.47 Å². The van der Waals surface area contributed by atoms with Crippen LogP contribution in [0.25, 0.3) is 11.6 Å². The molecule has 0 spiro atoms. The van der Waals surface area contributed by atoms with Gasteiger partial charge in [-0.15, -0.1) is 0 Å². The highest BCUT2D eigenvalue weighted by molar-refractivity contribution is 9.10. The van der Waals surface area contributed by atoms with E-state index in [9.17, 15) is 9.90 Å². The lowest BCUT2D eigenvalue weighted by Crippen LogP contribution is -2.11. The Labute approximate surface area is 126 Å². The number of hydrogen-bond acceptors (Lipinski definition) is 1. The maximum Gasteiger partial charge on any atom is 0.310 e. The van der Waals surface area contributed by atoms with Gasteiger partial charge in [0.15, 0.2) is 0 Å². The molecule has 3 heteroatoms. The summed E-state index contributed by atoms with van der Waals surface area (Å²) in [6.07, 6.45) is 1.93. The van der Waals surface area contributed by atoms with E-state index in [4.69, 9.17) is 0 Å². The smallest absolute Gasteiger partial charge is 0.310 e. The Morgan fingerprint density at radius 2 is 1.70 bits per heavy atom. The van der Waals surface area contributed by atoms with Crippen LogP contribution in [0.3, 0.4) is 0 Å². The predicted octanol–water partition coefficient (Wildman–Crippen LogP) is 4.71. The van der Waals surface area contributed by atoms with Crippen molar-refractivity contribution >= 4 is 33.5 Å². The molecule has 0 fully saturated rings. The van der Waals surface area contributed by atoms with Crippen molar-refractivity contribution in [1.29, 1.82) is 0 Å². The van der Waals surface area contributed by atoms with E-state index in [0.29, 0.717) is 0 Å². The third-order valence-electron chi connectivity index (χ3n) is 3.14. The Morgan fingerprint density at radius 1 is 1.10 bits per heavy atom. The number of benzene rings is 2. The van der Waals surface area contributed by atoms with Crippen LogP contribution in [0.2, 0.25) is 0 Å². The van der Waals surface area contributed by atoms with Crippen LogP contribution in [0.4, 0.5) is 0 Å². The van der Waals surface area contributed by atoms with E-state index in [2.05, 4.69) is 15.9 Å². The van der Waals surface area contributed by atoms with Crippen molar-refractivity contribution in [3.63, 3.8) is 0 Å². The molecule has 2 aromatic carbocycles. The summed E-state index contributed by atoms with van der Waals surface area (Å²) in [6, 6.07) is 17.4. The number of carboxylic acid groups (broad SMARTS) is 1. The van der Waals surface area contributed by atoms with Gasteiger partial charge >= 0.3 is 5.97 Å². The molecule has 2 nitrogen and oxygen atoms in total. The van der Waals surface area contributed by atoms with Gasteiger partial charge in [0.1, 0.15) is 0 Å². The number of rotatable bonds is 4. The number of carboxylic acids is 1. The molecule has 20 heavy (non-hydrogen) atoms. The molecule has 0 heterocycles. The molecule has 2 rings (SSSR count). The van der Waals surface area contributed by atoms with E-state index in [1.54, 1.807) is 6.92 Å². The fraction of sp³-hybridized carbons (Fsp3) is 0.118. The Bertz CT molecular complexity index is 615. The molecule has 1 atom stereocenters. The van der Waals surface area contributed by atoms with Crippen molar-refractivity contribution in [2.75, 3.05) is 0 Å². The zero-order chi connectivity index (χ0) is 14.5. The molecule has 0 bridgehead atoms. The fourth-order valence-corrected chi connectivity index (χ4v) is 2.22. The minimum atomic E-state index is -0.822. The van der Waals surface area contributed by atoms with Crippen LogP contribution in [0.5, 0.6) is 0 Å². The molecule has 0 saturated heterocycles. The van der Waals surface area contributed by atoms with Crippen LogP contribution in [-0.4, -0.2) is 11.1 Å². The summed E-state index contributed by atoms with van der Waals surface area (Å²) < 4.78 is 1.00. The van der Waals surface area contributed by atoms with Gasteiger partial charge in [-0.05, 0) is 35.8 Å². The van der Waals surface area contributed by atoms with Crippen molar-refractivity contribution in [2.24, 2.45) is 5.92 Å². The monoisotopic (exact) mass is 330 g/mol. The molecule has 2 aromatic rings. The first-order chi connectivity index (χ1) is 9.58. The number of aliphatic carboxylic acids is 1. The summed E-state index contributed by atoms with van der Waals surface area (Å²) in [5.74, 6) is -1.38. The molecule has 0 aliphatic rings. The van der Waals surface area contributed by atoms with Gasteiger partial charge in [-0.3, -0.25) is 4.79 Å². The highest BCUT2D eigenvalue weighted by Crippen LogP contribution is 2.26. The predicted molar refractivity (Wildman–Crippen MR) is 85.3 cm³/mol. The first-order valence-electron chi connectivity index (χ1n) is 6.33. The number of carbonyl (C=O) groups is 1. The minimum Gasteiger partial charge on any atom is -0.481 e. The van der Waals surface area contributed by atoms with Gasteiger partial charge in [0.05, 0.1) is 5.92 Å². The Hall–Kier alpha value is -1.87. The summed E-state index contributed by atoms with van der Waals surface area (Å²) in [5, 5.41) is 9.29. The van der Waals surface area contributed by atoms with E-state index in [1.807, 2.05) is 60.7 Å². The van der Waals surface area contributed by atoms with Crippen molar-refractivity contribution < 1.29 is 9.90 Å². The number of halogens is 1. The van der Waals surface area contributed by atoms with Gasteiger partial charge in [-0.1, -0.05) is 64.5 Å². The van der Waals surface area contributed by atoms with Crippen molar-refractivity contribution in [3.05, 3.63) is 70.2 Å². The lowest BCUT2D eigenvalue weighted by Gasteiger charge is -2.13. The Morgan fingerprint density at radius 3 is 2.25 bits per heavy atom.